The van der Waals surface area contributed by atoms with Gasteiger partial charge in [-0.25, -0.2) is 32.9 Å². The molecule has 4 aliphatic heterocycles. The van der Waals surface area contributed by atoms with E-state index < -0.39 is 176 Å². The molecule has 15 atom stereocenters. The van der Waals surface area contributed by atoms with Crippen LogP contribution in [-0.4, -0.2) is 138 Å². The number of nitrogens with one attached hydrogen (secondary N) is 3. The van der Waals surface area contributed by atoms with Gasteiger partial charge in [-0.3, -0.25) is 74.7 Å². The van der Waals surface area contributed by atoms with Crippen molar-refractivity contribution < 1.29 is 84.7 Å². The second kappa shape index (κ2) is 22.6. The van der Waals surface area contributed by atoms with E-state index in [1.807, 2.05) is 0 Å². The number of nitrogen functional groups attached to an aromatic ring is 1. The molecular weight excluding hydrogens is 1090 g/mol. The normalized spacial score (nSPS) is 30.1. The van der Waals surface area contributed by atoms with E-state index in [0.29, 0.717) is 0 Å². The van der Waals surface area contributed by atoms with Gasteiger partial charge in [-0.2, -0.15) is 4.98 Å². The molecule has 8 heterocycles. The predicted octanol–water partition coefficient (Wildman–Crippen LogP) is -2.59. The molecule has 0 amide bonds. The van der Waals surface area contributed by atoms with Crippen LogP contribution >= 0.6 is 23.5 Å². The largest absolute Gasteiger partial charge is 0.472 e. The first kappa shape index (κ1) is 57.0. The molecule has 418 valence electrons. The number of H-pyrrole nitrogens is 3. The van der Waals surface area contributed by atoms with Gasteiger partial charge in [-0.1, -0.05) is 0 Å². The predicted molar refractivity (Wildman–Crippen MR) is 250 cm³/mol. The highest BCUT2D eigenvalue weighted by molar-refractivity contribution is 7.48. The van der Waals surface area contributed by atoms with Crippen molar-refractivity contribution >= 4 is 29.3 Å². The van der Waals surface area contributed by atoms with E-state index in [2.05, 4.69) is 19.9 Å². The minimum Gasteiger partial charge on any atom is -0.394 e. The van der Waals surface area contributed by atoms with Crippen LogP contribution in [0.2, 0.25) is 0 Å². The molecule has 0 bridgehead atoms. The van der Waals surface area contributed by atoms with E-state index in [1.54, 1.807) is 0 Å². The van der Waals surface area contributed by atoms with Crippen LogP contribution in [0.1, 0.15) is 67.3 Å². The Hall–Kier alpha value is -5.19. The van der Waals surface area contributed by atoms with Crippen molar-refractivity contribution in [1.82, 2.24) is 38.2 Å². The lowest BCUT2D eigenvalue weighted by molar-refractivity contribution is -0.0640. The van der Waals surface area contributed by atoms with Crippen LogP contribution in [0.4, 0.5) is 5.82 Å². The molecule has 0 saturated carbocycles. The molecule has 4 aliphatic rings. The highest BCUT2D eigenvalue weighted by atomic mass is 31.2. The third-order valence-electron chi connectivity index (χ3n) is 12.5. The lowest BCUT2D eigenvalue weighted by Gasteiger charge is -2.25. The number of nitrogens with zero attached hydrogens (tertiary/aromatic N) is 5. The molecule has 4 saturated heterocycles. The summed E-state index contributed by atoms with van der Waals surface area (Å²) < 4.78 is 99.6. The Kier molecular flexibility index (Phi) is 17.0. The molecule has 10 N–H and O–H groups in total. The van der Waals surface area contributed by atoms with Gasteiger partial charge in [0.15, 0.2) is 0 Å². The van der Waals surface area contributed by atoms with E-state index >= 15 is 0 Å². The summed E-state index contributed by atoms with van der Waals surface area (Å²) in [6.45, 7) is 0.618. The number of aliphatic hydroxyl groups excluding tert-OH is 2. The minimum absolute atomic E-state index is 0.0369. The molecule has 4 fully saturated rings. The number of nitrogens with two attached hydrogens (primary N) is 1. The zero-order valence-electron chi connectivity index (χ0n) is 40.0. The van der Waals surface area contributed by atoms with Crippen molar-refractivity contribution in [3.63, 3.8) is 0 Å². The van der Waals surface area contributed by atoms with E-state index in [1.165, 1.54) is 39.2 Å². The number of aromatic amines is 3. The average Bonchev–Trinajstić information content (AvgIpc) is 4.13. The van der Waals surface area contributed by atoms with Gasteiger partial charge in [0.25, 0.3) is 16.7 Å². The molecular formula is C39H52N9O25P3. The number of hydrogen-bond donors (Lipinski definition) is 9. The maximum Gasteiger partial charge on any atom is 0.472 e. The SMILES string of the molecule is Cc1cn([C@H]2C[C@H](OP(=O)(O)OC[C@H]3O[C@@H](n4cc(C)c(=O)[nH]c4=O)C[C@@H]3OP(=O)(O)OC[C@H]3O[C@@H](n4cc(C)c(=O)[nH]c4=O)C[C@@H]3O)[C@@H](COP(=O)(O)O[C@H]3C[C@H](n4ccc(N)nc4=O)O[C@@H]3CO)O2)c(=O)[nH]c1=O. The third kappa shape index (κ3) is 13.2. The number of rotatable bonds is 20. The molecule has 34 nitrogen and oxygen atoms in total. The lowest BCUT2D eigenvalue weighted by atomic mass is 10.2. The molecule has 8 rings (SSSR count). The van der Waals surface area contributed by atoms with E-state index in [9.17, 15) is 72.2 Å². The second-order valence-corrected chi connectivity index (χ2v) is 22.1. The molecule has 0 aliphatic carbocycles. The molecule has 76 heavy (non-hydrogen) atoms. The van der Waals surface area contributed by atoms with Crippen molar-refractivity contribution in [1.29, 1.82) is 0 Å². The Bertz CT molecular complexity index is 3390. The highest BCUT2D eigenvalue weighted by Crippen LogP contribution is 2.53. The number of phosphoric ester groups is 3. The van der Waals surface area contributed by atoms with Gasteiger partial charge >= 0.3 is 46.2 Å². The van der Waals surface area contributed by atoms with Crippen molar-refractivity contribution in [2.45, 2.75) is 120 Å². The maximum absolute atomic E-state index is 13.8. The van der Waals surface area contributed by atoms with E-state index in [-0.39, 0.29) is 35.3 Å². The summed E-state index contributed by atoms with van der Waals surface area (Å²) in [5.41, 5.74) is -0.00734. The van der Waals surface area contributed by atoms with Crippen LogP contribution in [0.25, 0.3) is 0 Å². The molecule has 0 aromatic carbocycles. The summed E-state index contributed by atoms with van der Waals surface area (Å²) in [6.07, 6.45) is -13.7. The van der Waals surface area contributed by atoms with E-state index in [4.69, 9.17) is 51.8 Å². The van der Waals surface area contributed by atoms with Crippen molar-refractivity contribution in [3.8, 4) is 0 Å². The zero-order chi connectivity index (χ0) is 55.2. The fourth-order valence-corrected chi connectivity index (χ4v) is 11.5. The molecule has 0 spiro atoms. The maximum atomic E-state index is 13.8. The summed E-state index contributed by atoms with van der Waals surface area (Å²) in [7, 11) is -15.9. The summed E-state index contributed by atoms with van der Waals surface area (Å²) in [5, 5.41) is 20.7. The summed E-state index contributed by atoms with van der Waals surface area (Å²) >= 11 is 0. The highest BCUT2D eigenvalue weighted by Gasteiger charge is 2.48. The molecule has 4 aromatic heterocycles. The molecule has 4 aromatic rings. The Morgan fingerprint density at radius 2 is 0.921 bits per heavy atom. The van der Waals surface area contributed by atoms with Crippen molar-refractivity contribution in [3.05, 3.63) is 121 Å². The van der Waals surface area contributed by atoms with Gasteiger partial charge < -0.3 is 49.6 Å². The minimum atomic E-state index is -5.42. The average molecular weight is 1140 g/mol. The van der Waals surface area contributed by atoms with Gasteiger partial charge in [-0.05, 0) is 26.8 Å². The Balaban J connectivity index is 0.961. The molecule has 37 heteroatoms. The fourth-order valence-electron chi connectivity index (χ4n) is 8.60. The van der Waals surface area contributed by atoms with Crippen molar-refractivity contribution in [2.75, 3.05) is 32.2 Å². The Morgan fingerprint density at radius 3 is 1.32 bits per heavy atom. The number of anilines is 1. The lowest BCUT2D eigenvalue weighted by Crippen LogP contribution is -2.33. The van der Waals surface area contributed by atoms with Crippen LogP contribution < -0.4 is 45.2 Å². The monoisotopic (exact) mass is 1140 g/mol. The van der Waals surface area contributed by atoms with Gasteiger partial charge in [0, 0.05) is 67.2 Å². The quantitative estimate of drug-likeness (QED) is 0.0410. The number of phosphoric acid groups is 3. The van der Waals surface area contributed by atoms with Gasteiger partial charge in [0.1, 0.15) is 73.5 Å². The van der Waals surface area contributed by atoms with Gasteiger partial charge in [0.05, 0.1) is 32.5 Å². The summed E-state index contributed by atoms with van der Waals surface area (Å²) in [6, 6.07) is 1.29. The topological polar surface area (TPSA) is 470 Å². The van der Waals surface area contributed by atoms with E-state index in [0.717, 1.165) is 30.7 Å². The molecule has 0 radical (unpaired) electrons. The summed E-state index contributed by atoms with van der Waals surface area (Å²) in [4.78, 5) is 130. The van der Waals surface area contributed by atoms with Crippen LogP contribution in [-0.2, 0) is 59.8 Å². The first-order valence-corrected chi connectivity index (χ1v) is 27.4. The Morgan fingerprint density at radius 1 is 0.579 bits per heavy atom. The number of aromatic nitrogens is 8. The number of aryl methyl sites for hydroxylation is 3. The first-order chi connectivity index (χ1) is 35.7. The third-order valence-corrected chi connectivity index (χ3v) is 15.5. The van der Waals surface area contributed by atoms with Crippen LogP contribution in [0.15, 0.2) is 64.4 Å². The van der Waals surface area contributed by atoms with Crippen LogP contribution in [0.3, 0.4) is 0 Å². The number of aliphatic hydroxyl groups is 2. The smallest absolute Gasteiger partial charge is 0.394 e. The summed E-state index contributed by atoms with van der Waals surface area (Å²) in [5.74, 6) is -0.0920. The second-order valence-electron chi connectivity index (χ2n) is 17.9. The Labute approximate surface area is 424 Å². The van der Waals surface area contributed by atoms with Gasteiger partial charge in [0.2, 0.25) is 0 Å². The van der Waals surface area contributed by atoms with Gasteiger partial charge in [-0.15, -0.1) is 0 Å². The molecule has 3 unspecified atom stereocenters. The number of hydrogen-bond acceptors (Lipinski definition) is 24. The van der Waals surface area contributed by atoms with Crippen LogP contribution in [0.5, 0.6) is 0 Å². The fraction of sp³-hybridized carbons (Fsp3) is 0.590. The van der Waals surface area contributed by atoms with Crippen LogP contribution in [0, 0.1) is 20.8 Å². The first-order valence-electron chi connectivity index (χ1n) is 22.9. The number of ether oxygens (including phenoxy) is 4. The van der Waals surface area contributed by atoms with Crippen molar-refractivity contribution in [2.24, 2.45) is 0 Å². The zero-order valence-corrected chi connectivity index (χ0v) is 42.7. The standard InChI is InChI=1S/C39H52N9O25P3/c1-17-10-46(37(55)42-33(17)51)29-6-20(50)25(68-29)14-64-74(58,59)72-22-8-31(47-11-18(2)34(52)43-38(47)56)70-27(22)16-66-76(62,63)73-23-9-32(48-12-19(3)35(53)44-39(48)57)69-26(23)15-65-75(60,61)71-21-7-30(67-24(21)13-49)45-5-4-28(40)41-36(45)54/h4-5,10-12,20-27,29-32,49-50H,6-9,13-16H2,1-3H3,(H,58,59)(H,60,61)(H,62,63)(H2,40,41,54)(H,42,51,55)(H,43,52,56)(H,44,53,57)/t20-,21-,22-,23-,24+,25+,26+,27+,29+,30+,31+,32+/m0/s1.